The number of carbonyl (C=O) groups is 1. The molecule has 1 amide bonds. The number of likely N-dealkylation sites (tertiary alicyclic amines) is 1. The van der Waals surface area contributed by atoms with Gasteiger partial charge in [0, 0.05) is 25.7 Å². The third-order valence-electron chi connectivity index (χ3n) is 5.03. The highest BCUT2D eigenvalue weighted by molar-refractivity contribution is 7.88. The van der Waals surface area contributed by atoms with Crippen LogP contribution in [0.2, 0.25) is 0 Å². The first-order valence-electron chi connectivity index (χ1n) is 8.26. The lowest BCUT2D eigenvalue weighted by Crippen LogP contribution is -2.50. The molecule has 0 saturated carbocycles. The van der Waals surface area contributed by atoms with E-state index in [1.165, 1.54) is 17.6 Å². The average molecular weight is 357 g/mol. The van der Waals surface area contributed by atoms with E-state index in [1.807, 2.05) is 22.4 Å². The fourth-order valence-corrected chi connectivity index (χ4v) is 5.78. The molecule has 5 nitrogen and oxygen atoms in total. The van der Waals surface area contributed by atoms with Gasteiger partial charge in [0.2, 0.25) is 10.0 Å². The maximum absolute atomic E-state index is 12.4. The molecule has 2 aliphatic rings. The summed E-state index contributed by atoms with van der Waals surface area (Å²) >= 11 is 1.48. The number of sulfonamides is 1. The normalized spacial score (nSPS) is 24.7. The van der Waals surface area contributed by atoms with Crippen molar-refractivity contribution < 1.29 is 13.2 Å². The third kappa shape index (κ3) is 3.78. The van der Waals surface area contributed by atoms with Crippen molar-refractivity contribution in [2.24, 2.45) is 5.92 Å². The van der Waals surface area contributed by atoms with Crippen LogP contribution < -0.4 is 0 Å². The summed E-state index contributed by atoms with van der Waals surface area (Å²) in [6.45, 7) is 2.11. The predicted molar refractivity (Wildman–Crippen MR) is 92.1 cm³/mol. The van der Waals surface area contributed by atoms with Gasteiger partial charge in [-0.15, -0.1) is 11.3 Å². The van der Waals surface area contributed by atoms with E-state index in [0.717, 1.165) is 50.1 Å². The molecule has 0 spiro atoms. The molecule has 7 heteroatoms. The summed E-state index contributed by atoms with van der Waals surface area (Å²) in [4.78, 5) is 15.1. The van der Waals surface area contributed by atoms with E-state index >= 15 is 0 Å². The van der Waals surface area contributed by atoms with Crippen molar-refractivity contribution in [3.8, 4) is 0 Å². The number of hydrogen-bond acceptors (Lipinski definition) is 4. The molecule has 1 unspecified atom stereocenters. The second-order valence-electron chi connectivity index (χ2n) is 6.54. The zero-order chi connectivity index (χ0) is 16.4. The van der Waals surface area contributed by atoms with Gasteiger partial charge in [0.15, 0.2) is 0 Å². The van der Waals surface area contributed by atoms with Crippen molar-refractivity contribution in [1.82, 2.24) is 9.21 Å². The molecule has 0 N–H and O–H groups in total. The van der Waals surface area contributed by atoms with Gasteiger partial charge in [-0.2, -0.15) is 4.31 Å². The molecular weight excluding hydrogens is 332 g/mol. The molecule has 1 atom stereocenters. The van der Waals surface area contributed by atoms with Gasteiger partial charge in [0.1, 0.15) is 0 Å². The lowest BCUT2D eigenvalue weighted by molar-refractivity contribution is 0.0625. The highest BCUT2D eigenvalue weighted by atomic mass is 32.2. The van der Waals surface area contributed by atoms with E-state index in [1.54, 1.807) is 4.31 Å². The van der Waals surface area contributed by atoms with Gasteiger partial charge < -0.3 is 4.90 Å². The summed E-state index contributed by atoms with van der Waals surface area (Å²) in [6.07, 6.45) is 6.13. The van der Waals surface area contributed by atoms with Crippen LogP contribution in [0.15, 0.2) is 17.5 Å². The van der Waals surface area contributed by atoms with Crippen molar-refractivity contribution >= 4 is 27.3 Å². The van der Waals surface area contributed by atoms with Crippen molar-refractivity contribution in [2.75, 3.05) is 25.9 Å². The fourth-order valence-electron chi connectivity index (χ4n) is 3.86. The minimum absolute atomic E-state index is 0.113. The number of thiophene rings is 1. The number of rotatable bonds is 3. The van der Waals surface area contributed by atoms with Crippen molar-refractivity contribution in [1.29, 1.82) is 0 Å². The van der Waals surface area contributed by atoms with Crippen LogP contribution in [0.3, 0.4) is 0 Å². The quantitative estimate of drug-likeness (QED) is 0.836. The first kappa shape index (κ1) is 16.9. The Kier molecular flexibility index (Phi) is 5.08. The molecule has 2 saturated heterocycles. The van der Waals surface area contributed by atoms with Crippen LogP contribution in [-0.2, 0) is 10.0 Å². The number of amides is 1. The van der Waals surface area contributed by atoms with Crippen LogP contribution in [-0.4, -0.2) is 55.5 Å². The molecule has 0 aromatic carbocycles. The predicted octanol–water partition coefficient (Wildman–Crippen LogP) is 2.41. The van der Waals surface area contributed by atoms with Gasteiger partial charge in [-0.25, -0.2) is 8.42 Å². The van der Waals surface area contributed by atoms with Gasteiger partial charge in [-0.05, 0) is 43.0 Å². The van der Waals surface area contributed by atoms with Gasteiger partial charge in [-0.1, -0.05) is 12.5 Å². The van der Waals surface area contributed by atoms with Crippen molar-refractivity contribution in [3.05, 3.63) is 22.4 Å². The van der Waals surface area contributed by atoms with Crippen molar-refractivity contribution in [2.45, 2.75) is 38.1 Å². The Morgan fingerprint density at radius 1 is 1.17 bits per heavy atom. The second kappa shape index (κ2) is 6.91. The Morgan fingerprint density at radius 3 is 2.52 bits per heavy atom. The summed E-state index contributed by atoms with van der Waals surface area (Å²) in [5, 5.41) is 1.92. The van der Waals surface area contributed by atoms with E-state index in [0.29, 0.717) is 12.5 Å². The van der Waals surface area contributed by atoms with Crippen LogP contribution in [0.4, 0.5) is 0 Å². The summed E-state index contributed by atoms with van der Waals surface area (Å²) in [6, 6.07) is 3.89. The number of nitrogens with zero attached hydrogens (tertiary/aromatic N) is 2. The molecular formula is C16H24N2O3S2. The van der Waals surface area contributed by atoms with Crippen LogP contribution in [0.1, 0.15) is 41.8 Å². The topological polar surface area (TPSA) is 57.7 Å². The fraction of sp³-hybridized carbons (Fsp3) is 0.688. The second-order valence-corrected chi connectivity index (χ2v) is 9.43. The standard InChI is InChI=1S/C16H24N2O3S2/c1-23(20,21)18-9-3-2-5-14(18)13-7-10-17(11-8-13)16(19)15-6-4-12-22-15/h4,6,12-14H,2-3,5,7-11H2,1H3. The summed E-state index contributed by atoms with van der Waals surface area (Å²) in [5.41, 5.74) is 0. The lowest BCUT2D eigenvalue weighted by atomic mass is 9.85. The monoisotopic (exact) mass is 356 g/mol. The summed E-state index contributed by atoms with van der Waals surface area (Å²) < 4.78 is 25.8. The first-order valence-corrected chi connectivity index (χ1v) is 11.0. The molecule has 3 heterocycles. The molecule has 2 fully saturated rings. The summed E-state index contributed by atoms with van der Waals surface area (Å²) in [5.74, 6) is 0.486. The minimum Gasteiger partial charge on any atom is -0.338 e. The number of carbonyl (C=O) groups excluding carboxylic acids is 1. The SMILES string of the molecule is CS(=O)(=O)N1CCCCC1C1CCN(C(=O)c2cccs2)CC1. The minimum atomic E-state index is -3.14. The summed E-state index contributed by atoms with van der Waals surface area (Å²) in [7, 11) is -3.14. The maximum atomic E-state index is 12.4. The molecule has 0 radical (unpaired) electrons. The molecule has 1 aromatic heterocycles. The largest absolute Gasteiger partial charge is 0.338 e. The van der Waals surface area contributed by atoms with E-state index in [9.17, 15) is 13.2 Å². The third-order valence-corrected chi connectivity index (χ3v) is 7.19. The highest BCUT2D eigenvalue weighted by Gasteiger charge is 2.37. The molecule has 128 valence electrons. The number of hydrogen-bond donors (Lipinski definition) is 0. The molecule has 0 aliphatic carbocycles. The Labute approximate surface area is 142 Å². The van der Waals surface area contributed by atoms with Crippen molar-refractivity contribution in [3.63, 3.8) is 0 Å². The lowest BCUT2D eigenvalue weighted by Gasteiger charge is -2.42. The van der Waals surface area contributed by atoms with Crippen LogP contribution in [0.25, 0.3) is 0 Å². The molecule has 1 aromatic rings. The van der Waals surface area contributed by atoms with Gasteiger partial charge >= 0.3 is 0 Å². The van der Waals surface area contributed by atoms with Crippen LogP contribution in [0.5, 0.6) is 0 Å². The van der Waals surface area contributed by atoms with Crippen LogP contribution in [0, 0.1) is 5.92 Å². The van der Waals surface area contributed by atoms with E-state index in [-0.39, 0.29) is 11.9 Å². The van der Waals surface area contributed by atoms with Crippen LogP contribution >= 0.6 is 11.3 Å². The first-order chi connectivity index (χ1) is 11.0. The van der Waals surface area contributed by atoms with Gasteiger partial charge in [-0.3, -0.25) is 4.79 Å². The Hall–Kier alpha value is -0.920. The van der Waals surface area contributed by atoms with Gasteiger partial charge in [0.05, 0.1) is 11.1 Å². The number of piperidine rings is 2. The van der Waals surface area contributed by atoms with E-state index < -0.39 is 10.0 Å². The average Bonchev–Trinajstić information content (AvgIpc) is 3.08. The Bertz CT molecular complexity index is 634. The molecule has 0 bridgehead atoms. The highest BCUT2D eigenvalue weighted by Crippen LogP contribution is 2.32. The van der Waals surface area contributed by atoms with Gasteiger partial charge in [0.25, 0.3) is 5.91 Å². The Morgan fingerprint density at radius 2 is 1.91 bits per heavy atom. The maximum Gasteiger partial charge on any atom is 0.263 e. The van der Waals surface area contributed by atoms with E-state index in [2.05, 4.69) is 0 Å². The smallest absolute Gasteiger partial charge is 0.263 e. The van der Waals surface area contributed by atoms with E-state index in [4.69, 9.17) is 0 Å². The zero-order valence-corrected chi connectivity index (χ0v) is 15.1. The molecule has 3 rings (SSSR count). The molecule has 2 aliphatic heterocycles. The molecule has 23 heavy (non-hydrogen) atoms. The Balaban J connectivity index is 1.63. The zero-order valence-electron chi connectivity index (χ0n) is 13.5.